The SMILES string of the molecule is C/C(=C\c1ccc(CO)o1)CC[C@H]1OC[C@H]2C1=C(C(C)C)C[C@H]1C(=O)N(c3cccc([N+](=O)[O-])c3)C(=O)[C@H]12. The summed E-state index contributed by atoms with van der Waals surface area (Å²) in [6.45, 7) is 6.47. The molecule has 0 bridgehead atoms. The Labute approximate surface area is 220 Å². The minimum atomic E-state index is -0.527. The van der Waals surface area contributed by atoms with Gasteiger partial charge in [0.1, 0.15) is 18.1 Å². The van der Waals surface area contributed by atoms with Gasteiger partial charge in [-0.3, -0.25) is 19.7 Å². The number of nitro benzene ring substituents is 1. The monoisotopic (exact) mass is 520 g/mol. The summed E-state index contributed by atoms with van der Waals surface area (Å²) >= 11 is 0. The highest BCUT2D eigenvalue weighted by Crippen LogP contribution is 2.52. The van der Waals surface area contributed by atoms with Crippen LogP contribution >= 0.6 is 0 Å². The Hall–Kier alpha value is -3.56. The lowest BCUT2D eigenvalue weighted by Gasteiger charge is -2.33. The van der Waals surface area contributed by atoms with Crippen LogP contribution in [0.1, 0.15) is 51.6 Å². The molecule has 2 aliphatic heterocycles. The van der Waals surface area contributed by atoms with Gasteiger partial charge in [0.2, 0.25) is 11.8 Å². The molecule has 1 N–H and O–H groups in total. The number of allylic oxidation sites excluding steroid dienone is 2. The molecule has 1 aliphatic carbocycles. The number of hydrogen-bond donors (Lipinski definition) is 1. The van der Waals surface area contributed by atoms with Gasteiger partial charge in [-0.15, -0.1) is 0 Å². The highest BCUT2D eigenvalue weighted by molar-refractivity contribution is 6.22. The lowest BCUT2D eigenvalue weighted by molar-refractivity contribution is -0.384. The largest absolute Gasteiger partial charge is 0.459 e. The van der Waals surface area contributed by atoms with Gasteiger partial charge in [0.05, 0.1) is 35.2 Å². The molecule has 0 spiro atoms. The molecule has 2 aromatic rings. The zero-order valence-corrected chi connectivity index (χ0v) is 21.8. The Balaban J connectivity index is 1.38. The summed E-state index contributed by atoms with van der Waals surface area (Å²) in [4.78, 5) is 39.1. The third-order valence-electron chi connectivity index (χ3n) is 7.97. The smallest absolute Gasteiger partial charge is 0.271 e. The van der Waals surface area contributed by atoms with Crippen molar-refractivity contribution in [3.8, 4) is 0 Å². The maximum atomic E-state index is 13.7. The van der Waals surface area contributed by atoms with Crippen molar-refractivity contribution in [3.05, 3.63) is 74.8 Å². The Morgan fingerprint density at radius 3 is 2.68 bits per heavy atom. The van der Waals surface area contributed by atoms with Gasteiger partial charge in [0, 0.05) is 18.1 Å². The minimum Gasteiger partial charge on any atom is -0.459 e. The van der Waals surface area contributed by atoms with E-state index in [9.17, 15) is 24.8 Å². The van der Waals surface area contributed by atoms with Gasteiger partial charge < -0.3 is 14.3 Å². The lowest BCUT2D eigenvalue weighted by Crippen LogP contribution is -2.35. The normalized spacial score (nSPS) is 25.4. The van der Waals surface area contributed by atoms with E-state index < -0.39 is 16.8 Å². The number of carbonyl (C=O) groups excluding carboxylic acids is 2. The van der Waals surface area contributed by atoms with Crippen LogP contribution in [-0.4, -0.2) is 34.6 Å². The van der Waals surface area contributed by atoms with Gasteiger partial charge in [-0.05, 0) is 62.0 Å². The predicted octanol–water partition coefficient (Wildman–Crippen LogP) is 5.04. The van der Waals surface area contributed by atoms with Crippen molar-refractivity contribution in [2.75, 3.05) is 11.5 Å². The van der Waals surface area contributed by atoms with Crippen LogP contribution in [0.3, 0.4) is 0 Å². The van der Waals surface area contributed by atoms with E-state index in [0.717, 1.165) is 28.9 Å². The van der Waals surface area contributed by atoms with Crippen molar-refractivity contribution in [1.82, 2.24) is 0 Å². The molecular weight excluding hydrogens is 488 g/mol. The summed E-state index contributed by atoms with van der Waals surface area (Å²) in [5.41, 5.74) is 3.53. The number of aliphatic hydroxyl groups is 1. The molecule has 3 aliphatic rings. The number of aliphatic hydroxyl groups excluding tert-OH is 1. The van der Waals surface area contributed by atoms with E-state index in [1.807, 2.05) is 19.1 Å². The highest BCUT2D eigenvalue weighted by Gasteiger charge is 2.57. The maximum Gasteiger partial charge on any atom is 0.271 e. The first kappa shape index (κ1) is 26.1. The summed E-state index contributed by atoms with van der Waals surface area (Å²) in [5.74, 6) is -0.385. The third kappa shape index (κ3) is 4.61. The van der Waals surface area contributed by atoms with Crippen LogP contribution in [0.25, 0.3) is 6.08 Å². The number of fused-ring (bicyclic) bond motifs is 3. The quantitative estimate of drug-likeness (QED) is 0.224. The Morgan fingerprint density at radius 1 is 1.21 bits per heavy atom. The fourth-order valence-corrected chi connectivity index (χ4v) is 6.19. The molecule has 0 unspecified atom stereocenters. The molecule has 2 amide bonds. The third-order valence-corrected chi connectivity index (χ3v) is 7.97. The first-order valence-corrected chi connectivity index (χ1v) is 13.0. The van der Waals surface area contributed by atoms with Crippen LogP contribution in [0.5, 0.6) is 0 Å². The van der Waals surface area contributed by atoms with Crippen LogP contribution in [0, 0.1) is 33.8 Å². The molecule has 200 valence electrons. The van der Waals surface area contributed by atoms with Gasteiger partial charge >= 0.3 is 0 Å². The second kappa shape index (κ2) is 10.3. The Bertz CT molecular complexity index is 1340. The lowest BCUT2D eigenvalue weighted by atomic mass is 9.67. The molecule has 9 nitrogen and oxygen atoms in total. The van der Waals surface area contributed by atoms with Gasteiger partial charge in [0.15, 0.2) is 0 Å². The molecule has 38 heavy (non-hydrogen) atoms. The number of carbonyl (C=O) groups is 2. The molecular formula is C29H32N2O7. The summed E-state index contributed by atoms with van der Waals surface area (Å²) < 4.78 is 11.8. The van der Waals surface area contributed by atoms with Gasteiger partial charge in [0.25, 0.3) is 5.69 Å². The summed E-state index contributed by atoms with van der Waals surface area (Å²) in [6, 6.07) is 9.28. The van der Waals surface area contributed by atoms with E-state index in [1.54, 1.807) is 12.1 Å². The Kier molecular flexibility index (Phi) is 7.07. The highest BCUT2D eigenvalue weighted by atomic mass is 16.6. The topological polar surface area (TPSA) is 123 Å². The second-order valence-electron chi connectivity index (χ2n) is 10.7. The molecule has 5 rings (SSSR count). The molecule has 9 heteroatoms. The average Bonchev–Trinajstić information content (AvgIpc) is 3.58. The first-order chi connectivity index (χ1) is 18.2. The number of anilines is 1. The zero-order valence-electron chi connectivity index (χ0n) is 21.8. The van der Waals surface area contributed by atoms with E-state index in [-0.39, 0.29) is 47.7 Å². The van der Waals surface area contributed by atoms with Crippen molar-refractivity contribution < 1.29 is 28.8 Å². The average molecular weight is 521 g/mol. The molecule has 1 aromatic carbocycles. The number of amides is 2. The van der Waals surface area contributed by atoms with Crippen LogP contribution in [0.4, 0.5) is 11.4 Å². The molecule has 0 radical (unpaired) electrons. The van der Waals surface area contributed by atoms with Crippen molar-refractivity contribution in [3.63, 3.8) is 0 Å². The van der Waals surface area contributed by atoms with Gasteiger partial charge in [-0.25, -0.2) is 4.90 Å². The predicted molar refractivity (Wildman–Crippen MR) is 140 cm³/mol. The van der Waals surface area contributed by atoms with Crippen molar-refractivity contribution in [2.45, 2.75) is 52.7 Å². The Morgan fingerprint density at radius 2 is 2.00 bits per heavy atom. The fourth-order valence-electron chi connectivity index (χ4n) is 6.19. The molecule has 3 heterocycles. The molecule has 1 aromatic heterocycles. The van der Waals surface area contributed by atoms with Crippen LogP contribution in [0.15, 0.2) is 57.5 Å². The van der Waals surface area contributed by atoms with E-state index in [2.05, 4.69) is 13.8 Å². The molecule has 4 atom stereocenters. The summed E-state index contributed by atoms with van der Waals surface area (Å²) in [7, 11) is 0. The number of imide groups is 1. The maximum absolute atomic E-state index is 13.7. The number of nitro groups is 1. The van der Waals surface area contributed by atoms with Gasteiger partial charge in [-0.1, -0.05) is 31.1 Å². The summed E-state index contributed by atoms with van der Waals surface area (Å²) in [5, 5.41) is 20.5. The van der Waals surface area contributed by atoms with Crippen molar-refractivity contribution in [1.29, 1.82) is 0 Å². The van der Waals surface area contributed by atoms with E-state index >= 15 is 0 Å². The summed E-state index contributed by atoms with van der Waals surface area (Å²) in [6.07, 6.45) is 3.82. The van der Waals surface area contributed by atoms with Crippen molar-refractivity contribution in [2.24, 2.45) is 23.7 Å². The number of hydrogen-bond acceptors (Lipinski definition) is 7. The fraction of sp³-hybridized carbons (Fsp3) is 0.448. The van der Waals surface area contributed by atoms with E-state index in [4.69, 9.17) is 9.15 Å². The minimum absolute atomic E-state index is 0.138. The number of ether oxygens (including phenoxy) is 1. The second-order valence-corrected chi connectivity index (χ2v) is 10.7. The number of nitrogens with zero attached hydrogens (tertiary/aromatic N) is 2. The number of benzene rings is 1. The number of furan rings is 1. The molecule has 2 fully saturated rings. The van der Waals surface area contributed by atoms with Crippen molar-refractivity contribution >= 4 is 29.3 Å². The van der Waals surface area contributed by atoms with E-state index in [0.29, 0.717) is 24.5 Å². The van der Waals surface area contributed by atoms with E-state index in [1.165, 1.54) is 23.8 Å². The number of non-ortho nitro benzene ring substituents is 1. The van der Waals surface area contributed by atoms with Gasteiger partial charge in [-0.2, -0.15) is 0 Å². The van der Waals surface area contributed by atoms with Crippen LogP contribution in [0.2, 0.25) is 0 Å². The standard InChI is InChI=1S/C29H32N2O7/c1-16(2)22-13-23-27(29(34)30(28(23)33)18-5-4-6-19(12-18)31(35)36)24-15-37-25(26(22)24)10-7-17(3)11-20-8-9-21(14-32)38-20/h4-6,8-9,11-12,16,23-25,27,32H,7,10,13-15H2,1-3H3/b17-11+/t23-,24+,25-,27-/m1/s1. The number of rotatable bonds is 8. The van der Waals surface area contributed by atoms with Crippen LogP contribution < -0.4 is 4.90 Å². The zero-order chi connectivity index (χ0) is 27.1. The molecule has 0 saturated carbocycles. The first-order valence-electron chi connectivity index (χ1n) is 13.0. The van der Waals surface area contributed by atoms with Crippen LogP contribution in [-0.2, 0) is 20.9 Å². The molecule has 2 saturated heterocycles.